The maximum atomic E-state index is 12.8. The van der Waals surface area contributed by atoms with Gasteiger partial charge in [-0.1, -0.05) is 13.8 Å². The lowest BCUT2D eigenvalue weighted by atomic mass is 9.61. The van der Waals surface area contributed by atoms with E-state index in [0.717, 1.165) is 19.3 Å². The minimum absolute atomic E-state index is 0.00104. The number of esters is 1. The molecule has 1 N–H and O–H groups in total. The molecule has 4 fully saturated rings. The van der Waals surface area contributed by atoms with Crippen LogP contribution in [0, 0.1) is 59.2 Å². The quantitative estimate of drug-likeness (QED) is 0.763. The van der Waals surface area contributed by atoms with E-state index >= 15 is 0 Å². The average Bonchev–Trinajstić information content (AvgIpc) is 3.24. The van der Waals surface area contributed by atoms with E-state index in [0.29, 0.717) is 47.3 Å². The largest absolute Gasteiger partial charge is 0.481 e. The third kappa shape index (κ3) is 2.70. The van der Waals surface area contributed by atoms with E-state index in [4.69, 9.17) is 4.74 Å². The van der Waals surface area contributed by atoms with Crippen LogP contribution in [-0.2, 0) is 14.3 Å². The van der Waals surface area contributed by atoms with Crippen LogP contribution in [-0.4, -0.2) is 22.6 Å². The third-order valence-electron chi connectivity index (χ3n) is 8.44. The predicted molar refractivity (Wildman–Crippen MR) is 98.2 cm³/mol. The van der Waals surface area contributed by atoms with Gasteiger partial charge in [-0.3, -0.25) is 9.59 Å². The molecule has 4 aliphatic carbocycles. The summed E-state index contributed by atoms with van der Waals surface area (Å²) in [7, 11) is 0. The van der Waals surface area contributed by atoms with Gasteiger partial charge in [-0.15, -0.1) is 0 Å². The molecule has 0 aromatic carbocycles. The number of fused-ring (bicyclic) bond motifs is 4. The Labute approximate surface area is 157 Å². The molecule has 0 saturated heterocycles. The Balaban J connectivity index is 1.53. The number of hydrogen-bond acceptors (Lipinski definition) is 3. The molecule has 0 aromatic rings. The van der Waals surface area contributed by atoms with E-state index < -0.39 is 11.6 Å². The number of carboxylic acids is 1. The van der Waals surface area contributed by atoms with Gasteiger partial charge in [0.05, 0.1) is 11.8 Å². The van der Waals surface area contributed by atoms with Crippen molar-refractivity contribution in [2.24, 2.45) is 59.2 Å². The third-order valence-corrected chi connectivity index (χ3v) is 8.44. The van der Waals surface area contributed by atoms with Crippen molar-refractivity contribution in [3.63, 3.8) is 0 Å². The highest BCUT2D eigenvalue weighted by Gasteiger charge is 2.62. The van der Waals surface area contributed by atoms with Crippen molar-refractivity contribution < 1.29 is 19.4 Å². The van der Waals surface area contributed by atoms with E-state index in [9.17, 15) is 14.7 Å². The van der Waals surface area contributed by atoms with Gasteiger partial charge in [0.25, 0.3) is 0 Å². The zero-order valence-electron chi connectivity index (χ0n) is 16.8. The summed E-state index contributed by atoms with van der Waals surface area (Å²) in [6.45, 7) is 10.5. The minimum atomic E-state index is -0.601. The standard InChI is InChI=1S/C22H34O4/c1-10-12-6-15(17(7-12)21(25)26-22(3,4)5)19(10)18-11(2)14-8-13(18)9-16(14)20(23)24/h10-19H,6-9H2,1-5H3,(H,23,24). The molecule has 4 heteroatoms. The van der Waals surface area contributed by atoms with E-state index in [-0.39, 0.29) is 17.8 Å². The molecule has 0 aliphatic heterocycles. The van der Waals surface area contributed by atoms with E-state index in [1.54, 1.807) is 0 Å². The Morgan fingerprint density at radius 2 is 1.46 bits per heavy atom. The van der Waals surface area contributed by atoms with Crippen molar-refractivity contribution in [3.8, 4) is 0 Å². The topological polar surface area (TPSA) is 63.6 Å². The molecule has 4 saturated carbocycles. The lowest BCUT2D eigenvalue weighted by molar-refractivity contribution is -0.164. The Bertz CT molecular complexity index is 604. The van der Waals surface area contributed by atoms with Gasteiger partial charge < -0.3 is 9.84 Å². The number of rotatable bonds is 3. The van der Waals surface area contributed by atoms with Crippen LogP contribution in [0.5, 0.6) is 0 Å². The molecule has 0 aromatic heterocycles. The molecule has 4 aliphatic rings. The van der Waals surface area contributed by atoms with Crippen LogP contribution in [0.3, 0.4) is 0 Å². The molecule has 0 amide bonds. The fraction of sp³-hybridized carbons (Fsp3) is 0.909. The lowest BCUT2D eigenvalue weighted by Crippen LogP contribution is -2.43. The molecule has 4 rings (SSSR count). The van der Waals surface area contributed by atoms with Crippen molar-refractivity contribution >= 4 is 11.9 Å². The van der Waals surface area contributed by atoms with Gasteiger partial charge in [-0.25, -0.2) is 0 Å². The molecule has 0 spiro atoms. The summed E-state index contributed by atoms with van der Waals surface area (Å²) < 4.78 is 5.74. The molecule has 0 heterocycles. The van der Waals surface area contributed by atoms with Gasteiger partial charge in [0.2, 0.25) is 0 Å². The van der Waals surface area contributed by atoms with Crippen LogP contribution in [0.4, 0.5) is 0 Å². The molecule has 10 unspecified atom stereocenters. The van der Waals surface area contributed by atoms with E-state index in [1.165, 1.54) is 6.42 Å². The first kappa shape index (κ1) is 18.3. The normalized spacial score (nSPS) is 49.6. The number of aliphatic carboxylic acids is 1. The Kier molecular flexibility index (Phi) is 4.20. The zero-order valence-corrected chi connectivity index (χ0v) is 16.8. The summed E-state index contributed by atoms with van der Waals surface area (Å²) in [6.07, 6.45) is 4.09. The van der Waals surface area contributed by atoms with Crippen LogP contribution in [0.1, 0.15) is 60.3 Å². The molecule has 0 radical (unpaired) electrons. The highest BCUT2D eigenvalue weighted by Crippen LogP contribution is 2.66. The fourth-order valence-corrected chi connectivity index (χ4v) is 7.62. The molecule has 10 atom stereocenters. The number of carbonyl (C=O) groups excluding carboxylic acids is 1. The van der Waals surface area contributed by atoms with Crippen LogP contribution >= 0.6 is 0 Å². The van der Waals surface area contributed by atoms with Crippen molar-refractivity contribution in [2.75, 3.05) is 0 Å². The first-order valence-electron chi connectivity index (χ1n) is 10.5. The summed E-state index contributed by atoms with van der Waals surface area (Å²) in [5.74, 6) is 3.60. The second-order valence-corrected chi connectivity index (χ2v) is 10.7. The predicted octanol–water partition coefficient (Wildman–Crippen LogP) is 4.23. The molecular formula is C22H34O4. The van der Waals surface area contributed by atoms with Crippen molar-refractivity contribution in [1.82, 2.24) is 0 Å². The molecule has 26 heavy (non-hydrogen) atoms. The number of carbonyl (C=O) groups is 2. The zero-order chi connectivity index (χ0) is 19.0. The second kappa shape index (κ2) is 5.97. The van der Waals surface area contributed by atoms with Gasteiger partial charge in [0.1, 0.15) is 5.60 Å². The number of carboxylic acid groups (broad SMARTS) is 1. The summed E-state index contributed by atoms with van der Waals surface area (Å²) in [6, 6.07) is 0. The molecule has 146 valence electrons. The Hall–Kier alpha value is -1.06. The Morgan fingerprint density at radius 1 is 0.846 bits per heavy atom. The van der Waals surface area contributed by atoms with Crippen molar-refractivity contribution in [3.05, 3.63) is 0 Å². The van der Waals surface area contributed by atoms with Gasteiger partial charge >= 0.3 is 11.9 Å². The average molecular weight is 363 g/mol. The maximum Gasteiger partial charge on any atom is 0.309 e. The highest BCUT2D eigenvalue weighted by atomic mass is 16.6. The highest BCUT2D eigenvalue weighted by molar-refractivity contribution is 5.74. The summed E-state index contributed by atoms with van der Waals surface area (Å²) in [5.41, 5.74) is -0.422. The SMILES string of the molecule is CC1C2CC(CC2C(=O)O)C1C1C(C)C2CC(C(=O)OC(C)(C)C)C1C2. The van der Waals surface area contributed by atoms with Gasteiger partial charge in [0, 0.05) is 0 Å². The van der Waals surface area contributed by atoms with Gasteiger partial charge in [0.15, 0.2) is 0 Å². The van der Waals surface area contributed by atoms with Crippen LogP contribution in [0.15, 0.2) is 0 Å². The van der Waals surface area contributed by atoms with Crippen LogP contribution in [0.25, 0.3) is 0 Å². The molecule has 4 nitrogen and oxygen atoms in total. The van der Waals surface area contributed by atoms with Crippen molar-refractivity contribution in [2.45, 2.75) is 65.9 Å². The van der Waals surface area contributed by atoms with Crippen LogP contribution in [0.2, 0.25) is 0 Å². The second-order valence-electron chi connectivity index (χ2n) is 10.7. The summed E-state index contributed by atoms with van der Waals surface area (Å²) >= 11 is 0. The maximum absolute atomic E-state index is 12.8. The summed E-state index contributed by atoms with van der Waals surface area (Å²) in [5, 5.41) is 9.52. The summed E-state index contributed by atoms with van der Waals surface area (Å²) in [4.78, 5) is 24.4. The van der Waals surface area contributed by atoms with Gasteiger partial charge in [-0.05, 0) is 93.8 Å². The lowest BCUT2D eigenvalue weighted by Gasteiger charge is -2.44. The molecule has 4 bridgehead atoms. The number of hydrogen-bond donors (Lipinski definition) is 1. The smallest absolute Gasteiger partial charge is 0.309 e. The number of ether oxygens (including phenoxy) is 1. The first-order chi connectivity index (χ1) is 12.1. The monoisotopic (exact) mass is 362 g/mol. The van der Waals surface area contributed by atoms with E-state index in [1.807, 2.05) is 20.8 Å². The fourth-order valence-electron chi connectivity index (χ4n) is 7.62. The van der Waals surface area contributed by atoms with E-state index in [2.05, 4.69) is 13.8 Å². The first-order valence-corrected chi connectivity index (χ1v) is 10.5. The van der Waals surface area contributed by atoms with Crippen LogP contribution < -0.4 is 0 Å². The van der Waals surface area contributed by atoms with Gasteiger partial charge in [-0.2, -0.15) is 0 Å². The Morgan fingerprint density at radius 3 is 2.00 bits per heavy atom. The van der Waals surface area contributed by atoms with Crippen molar-refractivity contribution in [1.29, 1.82) is 0 Å². The minimum Gasteiger partial charge on any atom is -0.481 e. The molecular weight excluding hydrogens is 328 g/mol.